The summed E-state index contributed by atoms with van der Waals surface area (Å²) in [6.07, 6.45) is 15.5. The van der Waals surface area contributed by atoms with Gasteiger partial charge < -0.3 is 26.6 Å². The van der Waals surface area contributed by atoms with Crippen molar-refractivity contribution in [2.24, 2.45) is 0 Å². The first-order valence-corrected chi connectivity index (χ1v) is 13.6. The van der Waals surface area contributed by atoms with Crippen LogP contribution in [0.1, 0.15) is 96.6 Å². The molecule has 0 amide bonds. The van der Waals surface area contributed by atoms with Crippen LogP contribution in [0.15, 0.2) is 6.08 Å². The van der Waals surface area contributed by atoms with Crippen LogP contribution in [-0.2, 0) is 9.47 Å². The molecular formula is C25H44ClN3O4S. The maximum absolute atomic E-state index is 12.0. The second-order valence-electron chi connectivity index (χ2n) is 9.34. The minimum atomic E-state index is -0.567. The Hall–Kier alpha value is -1.38. The first-order chi connectivity index (χ1) is 16.1. The summed E-state index contributed by atoms with van der Waals surface area (Å²) in [5.74, 6) is 0.631. The van der Waals surface area contributed by atoms with Crippen molar-refractivity contribution >= 4 is 23.5 Å². The molecule has 196 valence electrons. The number of rotatable bonds is 17. The number of carbonyl (C=O) groups excluding carboxylic acids is 1. The molecule has 2 rings (SSSR count). The van der Waals surface area contributed by atoms with Gasteiger partial charge in [-0.3, -0.25) is 4.48 Å². The van der Waals surface area contributed by atoms with E-state index in [1.165, 1.54) is 63.1 Å². The number of likely N-dealkylation sites (N-methyl/N-ethyl adjacent to an activating group) is 1. The molecule has 1 atom stereocenters. The maximum atomic E-state index is 12.0. The fraction of sp³-hybridized carbons (Fsp3) is 0.800. The molecule has 7 nitrogen and oxygen atoms in total. The second-order valence-corrected chi connectivity index (χ2v) is 9.87. The molecule has 0 saturated carbocycles. The van der Waals surface area contributed by atoms with Crippen molar-refractivity contribution in [1.29, 1.82) is 0 Å². The molecule has 0 N–H and O–H groups in total. The number of aromatic nitrogens is 2. The van der Waals surface area contributed by atoms with Crippen LogP contribution >= 0.6 is 11.7 Å². The van der Waals surface area contributed by atoms with Gasteiger partial charge in [-0.25, -0.2) is 4.79 Å². The third-order valence-electron chi connectivity index (χ3n) is 6.07. The van der Waals surface area contributed by atoms with Crippen molar-refractivity contribution in [2.45, 2.75) is 90.9 Å². The van der Waals surface area contributed by atoms with Gasteiger partial charge in [0.15, 0.2) is 0 Å². The Morgan fingerprint density at radius 3 is 2.32 bits per heavy atom. The molecule has 0 saturated heterocycles. The Bertz CT molecular complexity index is 716. The van der Waals surface area contributed by atoms with Gasteiger partial charge in [0.25, 0.3) is 5.88 Å². The van der Waals surface area contributed by atoms with Crippen molar-refractivity contribution < 1.29 is 35.9 Å². The summed E-state index contributed by atoms with van der Waals surface area (Å²) in [5, 5.41) is 0. The highest BCUT2D eigenvalue weighted by molar-refractivity contribution is 6.99. The van der Waals surface area contributed by atoms with Gasteiger partial charge in [-0.1, -0.05) is 77.7 Å². The summed E-state index contributed by atoms with van der Waals surface area (Å²) in [6.45, 7) is 7.45. The number of carbonyl (C=O) groups is 1. The van der Waals surface area contributed by atoms with Crippen molar-refractivity contribution in [3.05, 3.63) is 11.8 Å². The van der Waals surface area contributed by atoms with Crippen LogP contribution in [0.2, 0.25) is 0 Å². The molecule has 1 aromatic rings. The number of hydrogen-bond acceptors (Lipinski definition) is 7. The van der Waals surface area contributed by atoms with Gasteiger partial charge in [-0.15, -0.1) is 4.37 Å². The highest BCUT2D eigenvalue weighted by Gasteiger charge is 2.31. The number of halogens is 1. The first-order valence-electron chi connectivity index (χ1n) is 12.9. The molecule has 0 spiro atoms. The van der Waals surface area contributed by atoms with Crippen molar-refractivity contribution in [3.8, 4) is 5.88 Å². The average Bonchev–Trinajstić information content (AvgIpc) is 3.28. The third kappa shape index (κ3) is 11.8. The zero-order chi connectivity index (χ0) is 23.8. The predicted octanol–water partition coefficient (Wildman–Crippen LogP) is 3.60. The van der Waals surface area contributed by atoms with Crippen molar-refractivity contribution in [3.63, 3.8) is 0 Å². The van der Waals surface area contributed by atoms with Crippen molar-refractivity contribution in [2.75, 3.05) is 40.1 Å². The van der Waals surface area contributed by atoms with Crippen LogP contribution in [0.3, 0.4) is 0 Å². The van der Waals surface area contributed by atoms with E-state index in [0.717, 1.165) is 50.0 Å². The zero-order valence-electron chi connectivity index (χ0n) is 21.4. The molecular weight excluding hydrogens is 474 g/mol. The zero-order valence-corrected chi connectivity index (χ0v) is 22.9. The van der Waals surface area contributed by atoms with E-state index in [4.69, 9.17) is 14.2 Å². The molecule has 2 heterocycles. The molecule has 0 fully saturated rings. The van der Waals surface area contributed by atoms with E-state index in [9.17, 15) is 4.79 Å². The Kier molecular flexibility index (Phi) is 16.2. The standard InChI is InChI=1S/C25H44N3O4S.ClH/c1-4-6-8-10-11-12-14-19-31-25(29)32-21-28(3)17-15-16-22(20-28)23-24(27-33-26-23)30-18-13-9-7-5-2;/h16H,4-15,17-21H2,1-3H3;1H/q+1;/p-1. The smallest absolute Gasteiger partial charge is 0.512 e. The van der Waals surface area contributed by atoms with E-state index in [1.54, 1.807) is 0 Å². The lowest BCUT2D eigenvalue weighted by atomic mass is 10.1. The van der Waals surface area contributed by atoms with E-state index in [2.05, 4.69) is 35.7 Å². The van der Waals surface area contributed by atoms with Gasteiger partial charge in [0, 0.05) is 12.0 Å². The average molecular weight is 518 g/mol. The number of unbranched alkanes of at least 4 members (excludes halogenated alkanes) is 9. The lowest BCUT2D eigenvalue weighted by molar-refractivity contribution is -0.919. The van der Waals surface area contributed by atoms with Crippen LogP contribution in [0.25, 0.3) is 5.57 Å². The Morgan fingerprint density at radius 2 is 1.59 bits per heavy atom. The monoisotopic (exact) mass is 517 g/mol. The Morgan fingerprint density at radius 1 is 0.941 bits per heavy atom. The Labute approximate surface area is 216 Å². The topological polar surface area (TPSA) is 70.5 Å². The van der Waals surface area contributed by atoms with Crippen LogP contribution in [0.5, 0.6) is 5.88 Å². The van der Waals surface area contributed by atoms with Gasteiger partial charge >= 0.3 is 6.16 Å². The van der Waals surface area contributed by atoms with Gasteiger partial charge in [0.2, 0.25) is 6.73 Å². The molecule has 0 aromatic carbocycles. The maximum Gasteiger partial charge on any atom is 0.512 e. The molecule has 1 unspecified atom stereocenters. The van der Waals surface area contributed by atoms with Crippen LogP contribution in [-0.4, -0.2) is 59.5 Å². The molecule has 0 radical (unpaired) electrons. The predicted molar refractivity (Wildman–Crippen MR) is 133 cm³/mol. The fourth-order valence-corrected chi connectivity index (χ4v) is 4.55. The molecule has 34 heavy (non-hydrogen) atoms. The number of hydrogen-bond donors (Lipinski definition) is 0. The molecule has 0 bridgehead atoms. The quantitative estimate of drug-likeness (QED) is 0.179. The van der Waals surface area contributed by atoms with E-state index >= 15 is 0 Å². The lowest BCUT2D eigenvalue weighted by Gasteiger charge is -2.36. The molecule has 9 heteroatoms. The molecule has 0 aliphatic carbocycles. The van der Waals surface area contributed by atoms with E-state index in [0.29, 0.717) is 23.6 Å². The minimum Gasteiger partial charge on any atom is -1.00 e. The third-order valence-corrected chi connectivity index (χ3v) is 6.58. The Balaban J connectivity index is 0.00000578. The van der Waals surface area contributed by atoms with Crippen LogP contribution in [0, 0.1) is 0 Å². The van der Waals surface area contributed by atoms with Crippen LogP contribution < -0.4 is 17.1 Å². The van der Waals surface area contributed by atoms with Gasteiger partial charge in [-0.05, 0) is 12.8 Å². The summed E-state index contributed by atoms with van der Waals surface area (Å²) in [6, 6.07) is 0. The minimum absolute atomic E-state index is 0. The number of nitrogens with zero attached hydrogens (tertiary/aromatic N) is 3. The highest BCUT2D eigenvalue weighted by atomic mass is 35.5. The summed E-state index contributed by atoms with van der Waals surface area (Å²) >= 11 is 1.19. The second kappa shape index (κ2) is 18.0. The van der Waals surface area contributed by atoms with Gasteiger partial charge in [0.05, 0.1) is 38.5 Å². The number of ether oxygens (including phenoxy) is 3. The summed E-state index contributed by atoms with van der Waals surface area (Å²) in [7, 11) is 2.10. The van der Waals surface area contributed by atoms with Gasteiger partial charge in [-0.2, -0.15) is 4.37 Å². The molecule has 1 aliphatic rings. The molecule has 1 aromatic heterocycles. The number of quaternary nitrogens is 1. The summed E-state index contributed by atoms with van der Waals surface area (Å²) in [5.41, 5.74) is 1.95. The van der Waals surface area contributed by atoms with E-state index in [1.807, 2.05) is 0 Å². The fourth-order valence-electron chi connectivity index (χ4n) is 4.02. The van der Waals surface area contributed by atoms with Gasteiger partial charge in [0.1, 0.15) is 12.2 Å². The molecule has 1 aliphatic heterocycles. The summed E-state index contributed by atoms with van der Waals surface area (Å²) < 4.78 is 26.1. The van der Waals surface area contributed by atoms with E-state index in [-0.39, 0.29) is 19.1 Å². The normalized spacial score (nSPS) is 17.6. The SMILES string of the molecule is CCCCCCCCCOC(=O)OC[N+]1(C)CCC=C(c2nsnc2OCCCCCC)C1.[Cl-]. The first kappa shape index (κ1) is 30.7. The lowest BCUT2D eigenvalue weighted by Crippen LogP contribution is -3.00. The largest absolute Gasteiger partial charge is 1.00 e. The summed E-state index contributed by atoms with van der Waals surface area (Å²) in [4.78, 5) is 12.0. The van der Waals surface area contributed by atoms with Crippen LogP contribution in [0.4, 0.5) is 4.79 Å². The highest BCUT2D eigenvalue weighted by Crippen LogP contribution is 2.30. The van der Waals surface area contributed by atoms with Crippen molar-refractivity contribution in [1.82, 2.24) is 8.75 Å². The van der Waals surface area contributed by atoms with E-state index < -0.39 is 6.16 Å².